The summed E-state index contributed by atoms with van der Waals surface area (Å²) in [7, 11) is 0. The number of rotatable bonds is 4. The number of thiazole rings is 1. The van der Waals surface area contributed by atoms with Crippen LogP contribution in [0.5, 0.6) is 0 Å². The molecule has 0 aliphatic carbocycles. The maximum Gasteiger partial charge on any atom is 0.351 e. The summed E-state index contributed by atoms with van der Waals surface area (Å²) in [5.41, 5.74) is 1.30. The molecule has 1 atom stereocenters. The van der Waals surface area contributed by atoms with Crippen LogP contribution in [-0.4, -0.2) is 47.0 Å². The number of nitrogens with zero attached hydrogens (tertiary/aromatic N) is 2. The van der Waals surface area contributed by atoms with Crippen molar-refractivity contribution >= 4 is 40.8 Å². The van der Waals surface area contributed by atoms with Crippen LogP contribution in [0.1, 0.15) is 22.3 Å². The summed E-state index contributed by atoms with van der Waals surface area (Å²) in [6.45, 7) is 3.79. The van der Waals surface area contributed by atoms with Gasteiger partial charge in [-0.3, -0.25) is 9.69 Å². The minimum atomic E-state index is -1.07. The molecule has 1 N–H and O–H groups in total. The Labute approximate surface area is 158 Å². The first-order valence-electron chi connectivity index (χ1n) is 7.90. The van der Waals surface area contributed by atoms with E-state index >= 15 is 0 Å². The van der Waals surface area contributed by atoms with Crippen molar-refractivity contribution in [1.29, 1.82) is 0 Å². The molecular formula is C17H16ClN3O4S. The predicted molar refractivity (Wildman–Crippen MR) is 97.3 cm³/mol. The van der Waals surface area contributed by atoms with Crippen LogP contribution in [0, 0.1) is 6.92 Å². The van der Waals surface area contributed by atoms with Crippen LogP contribution in [-0.2, 0) is 9.53 Å². The van der Waals surface area contributed by atoms with E-state index in [4.69, 9.17) is 16.3 Å². The van der Waals surface area contributed by atoms with Gasteiger partial charge in [-0.25, -0.2) is 14.6 Å². The Hall–Kier alpha value is -2.45. The molecular weight excluding hydrogens is 378 g/mol. The van der Waals surface area contributed by atoms with Gasteiger partial charge >= 0.3 is 12.0 Å². The molecule has 0 bridgehead atoms. The first-order valence-corrected chi connectivity index (χ1v) is 9.10. The fourth-order valence-electron chi connectivity index (χ4n) is 2.50. The number of aromatic nitrogens is 1. The van der Waals surface area contributed by atoms with Crippen molar-refractivity contribution in [2.45, 2.75) is 20.0 Å². The van der Waals surface area contributed by atoms with E-state index in [1.54, 1.807) is 25.1 Å². The molecule has 0 saturated carbocycles. The molecule has 1 aliphatic heterocycles. The molecule has 3 rings (SSSR count). The zero-order valence-corrected chi connectivity index (χ0v) is 15.7. The van der Waals surface area contributed by atoms with Crippen LogP contribution in [0.25, 0.3) is 10.6 Å². The second kappa shape index (κ2) is 7.43. The number of hydrogen-bond donors (Lipinski definition) is 1. The summed E-state index contributed by atoms with van der Waals surface area (Å²) in [5, 5.41) is 3.74. The number of carbonyl (C=O) groups excluding carboxylic acids is 3. The molecule has 136 valence electrons. The molecule has 1 aromatic carbocycles. The lowest BCUT2D eigenvalue weighted by Gasteiger charge is -2.17. The Bertz CT molecular complexity index is 883. The van der Waals surface area contributed by atoms with Gasteiger partial charge in [0.1, 0.15) is 9.88 Å². The molecule has 26 heavy (non-hydrogen) atoms. The van der Waals surface area contributed by atoms with Gasteiger partial charge in [0.05, 0.1) is 5.69 Å². The zero-order valence-electron chi connectivity index (χ0n) is 14.1. The zero-order chi connectivity index (χ0) is 18.8. The van der Waals surface area contributed by atoms with Crippen LogP contribution in [0.15, 0.2) is 24.3 Å². The molecule has 2 aromatic rings. The van der Waals surface area contributed by atoms with Crippen LogP contribution < -0.4 is 5.32 Å². The smallest absolute Gasteiger partial charge is 0.351 e. The number of amides is 3. The van der Waals surface area contributed by atoms with Crippen molar-refractivity contribution in [3.63, 3.8) is 0 Å². The Morgan fingerprint density at radius 2 is 2.19 bits per heavy atom. The van der Waals surface area contributed by atoms with E-state index in [0.717, 1.165) is 10.5 Å². The summed E-state index contributed by atoms with van der Waals surface area (Å²) in [6, 6.07) is 6.68. The number of urea groups is 1. The molecule has 9 heteroatoms. The third-order valence-corrected chi connectivity index (χ3v) is 5.23. The molecule has 3 amide bonds. The van der Waals surface area contributed by atoms with Crippen molar-refractivity contribution in [1.82, 2.24) is 15.2 Å². The lowest BCUT2D eigenvalue weighted by Crippen LogP contribution is -2.41. The van der Waals surface area contributed by atoms with E-state index in [-0.39, 0.29) is 6.54 Å². The number of carbonyl (C=O) groups is 3. The highest BCUT2D eigenvalue weighted by Gasteiger charge is 2.32. The summed E-state index contributed by atoms with van der Waals surface area (Å²) in [5.74, 6) is -1.20. The van der Waals surface area contributed by atoms with E-state index in [2.05, 4.69) is 10.3 Å². The monoisotopic (exact) mass is 393 g/mol. The molecule has 1 aliphatic rings. The maximum atomic E-state index is 12.4. The van der Waals surface area contributed by atoms with Crippen molar-refractivity contribution in [3.05, 3.63) is 39.9 Å². The fraction of sp³-hybridized carbons (Fsp3) is 0.294. The largest absolute Gasteiger partial charge is 0.448 e. The number of imide groups is 1. The summed E-state index contributed by atoms with van der Waals surface area (Å²) >= 11 is 7.16. The quantitative estimate of drug-likeness (QED) is 0.807. The normalized spacial score (nSPS) is 14.9. The summed E-state index contributed by atoms with van der Waals surface area (Å²) in [4.78, 5) is 42.0. The average Bonchev–Trinajstić information content (AvgIpc) is 3.20. The Kier molecular flexibility index (Phi) is 5.24. The van der Waals surface area contributed by atoms with Gasteiger partial charge in [-0.05, 0) is 26.0 Å². The van der Waals surface area contributed by atoms with Gasteiger partial charge in [-0.15, -0.1) is 11.3 Å². The van der Waals surface area contributed by atoms with Crippen molar-refractivity contribution in [2.24, 2.45) is 0 Å². The number of aryl methyl sites for hydroxylation is 1. The average molecular weight is 394 g/mol. The SMILES string of the molecule is Cc1nc(-c2cccc(Cl)c2)sc1C(=O)O[C@@H](C)C(=O)N1CCNC1=O. The van der Waals surface area contributed by atoms with Gasteiger partial charge < -0.3 is 10.1 Å². The highest BCUT2D eigenvalue weighted by atomic mass is 35.5. The van der Waals surface area contributed by atoms with Gasteiger partial charge in [0, 0.05) is 23.7 Å². The first kappa shape index (κ1) is 18.3. The minimum Gasteiger partial charge on any atom is -0.448 e. The standard InChI is InChI=1S/C17H16ClN3O4S/c1-9-13(26-14(20-9)11-4-3-5-12(18)8-11)16(23)25-10(2)15(22)21-7-6-19-17(21)24/h3-5,8,10H,6-7H2,1-2H3,(H,19,24)/t10-/m0/s1. The Balaban J connectivity index is 1.74. The van der Waals surface area contributed by atoms with E-state index < -0.39 is 24.0 Å². The van der Waals surface area contributed by atoms with E-state index in [1.165, 1.54) is 18.3 Å². The van der Waals surface area contributed by atoms with Crippen molar-refractivity contribution in [3.8, 4) is 10.6 Å². The second-order valence-electron chi connectivity index (χ2n) is 5.71. The third-order valence-electron chi connectivity index (χ3n) is 3.81. The maximum absolute atomic E-state index is 12.4. The molecule has 2 heterocycles. The number of benzene rings is 1. The van der Waals surface area contributed by atoms with Gasteiger partial charge in [0.25, 0.3) is 5.91 Å². The molecule has 1 fully saturated rings. The van der Waals surface area contributed by atoms with Crippen molar-refractivity contribution < 1.29 is 19.1 Å². The van der Waals surface area contributed by atoms with Crippen LogP contribution in [0.2, 0.25) is 5.02 Å². The van der Waals surface area contributed by atoms with Gasteiger partial charge in [0.2, 0.25) is 0 Å². The minimum absolute atomic E-state index is 0.262. The summed E-state index contributed by atoms with van der Waals surface area (Å²) < 4.78 is 5.25. The third kappa shape index (κ3) is 3.71. The van der Waals surface area contributed by atoms with Crippen LogP contribution >= 0.6 is 22.9 Å². The number of esters is 1. The molecule has 1 aromatic heterocycles. The van der Waals surface area contributed by atoms with Gasteiger partial charge in [-0.1, -0.05) is 23.7 Å². The molecule has 0 radical (unpaired) electrons. The van der Waals surface area contributed by atoms with E-state index in [9.17, 15) is 14.4 Å². The molecule has 0 unspecified atom stereocenters. The number of halogens is 1. The van der Waals surface area contributed by atoms with Gasteiger partial charge in [0.15, 0.2) is 6.10 Å². The second-order valence-corrected chi connectivity index (χ2v) is 7.15. The molecule has 1 saturated heterocycles. The van der Waals surface area contributed by atoms with E-state index in [1.807, 2.05) is 6.07 Å². The Morgan fingerprint density at radius 3 is 2.85 bits per heavy atom. The number of hydrogen-bond acceptors (Lipinski definition) is 6. The highest BCUT2D eigenvalue weighted by molar-refractivity contribution is 7.17. The lowest BCUT2D eigenvalue weighted by molar-refractivity contribution is -0.136. The first-order chi connectivity index (χ1) is 12.4. The highest BCUT2D eigenvalue weighted by Crippen LogP contribution is 2.30. The summed E-state index contributed by atoms with van der Waals surface area (Å²) in [6.07, 6.45) is -1.07. The number of nitrogens with one attached hydrogen (secondary N) is 1. The number of ether oxygens (including phenoxy) is 1. The predicted octanol–water partition coefficient (Wildman–Crippen LogP) is 2.87. The topological polar surface area (TPSA) is 88.6 Å². The Morgan fingerprint density at radius 1 is 1.42 bits per heavy atom. The fourth-order valence-corrected chi connectivity index (χ4v) is 3.63. The lowest BCUT2D eigenvalue weighted by atomic mass is 10.2. The molecule has 7 nitrogen and oxygen atoms in total. The van der Waals surface area contributed by atoms with Gasteiger partial charge in [-0.2, -0.15) is 0 Å². The van der Waals surface area contributed by atoms with Crippen LogP contribution in [0.4, 0.5) is 4.79 Å². The van der Waals surface area contributed by atoms with Crippen molar-refractivity contribution in [2.75, 3.05) is 13.1 Å². The molecule has 0 spiro atoms. The van der Waals surface area contributed by atoms with E-state index in [0.29, 0.717) is 27.1 Å². The van der Waals surface area contributed by atoms with Crippen LogP contribution in [0.3, 0.4) is 0 Å².